The fourth-order valence-corrected chi connectivity index (χ4v) is 2.87. The first-order chi connectivity index (χ1) is 9.58. The van der Waals surface area contributed by atoms with E-state index in [1.54, 1.807) is 7.11 Å². The Morgan fingerprint density at radius 1 is 1.20 bits per heavy atom. The van der Waals surface area contributed by atoms with Crippen molar-refractivity contribution in [3.05, 3.63) is 15.1 Å². The molecule has 0 amide bonds. The van der Waals surface area contributed by atoms with E-state index in [1.165, 1.54) is 0 Å². The number of halogens is 1. The molecular formula is C14H24IN3O2. The topological polar surface area (TPSA) is 56.3 Å². The molecular weight excluding hydrogens is 369 g/mol. The number of aromatic nitrogens is 2. The summed E-state index contributed by atoms with van der Waals surface area (Å²) in [7, 11) is 3.54. The van der Waals surface area contributed by atoms with E-state index in [-0.39, 0.29) is 0 Å². The maximum atomic E-state index is 5.99. The number of anilines is 1. The quantitative estimate of drug-likeness (QED) is 0.687. The maximum absolute atomic E-state index is 5.99. The molecule has 1 aromatic heterocycles. The van der Waals surface area contributed by atoms with Crippen molar-refractivity contribution in [2.45, 2.75) is 45.8 Å². The smallest absolute Gasteiger partial charge is 0.163 e. The Morgan fingerprint density at radius 3 is 2.30 bits per heavy atom. The Morgan fingerprint density at radius 2 is 1.85 bits per heavy atom. The minimum Gasteiger partial charge on any atom is -0.378 e. The Balaban J connectivity index is 3.38. The number of nitrogens with zero attached hydrogens (tertiary/aromatic N) is 2. The fraction of sp³-hybridized carbons (Fsp3) is 0.714. The summed E-state index contributed by atoms with van der Waals surface area (Å²) < 4.78 is 12.2. The third-order valence-electron chi connectivity index (χ3n) is 3.41. The molecule has 20 heavy (non-hydrogen) atoms. The van der Waals surface area contributed by atoms with E-state index in [4.69, 9.17) is 14.5 Å². The Hall–Kier alpha value is -0.470. The normalized spacial score (nSPS) is 11.7. The first kappa shape index (κ1) is 17.6. The van der Waals surface area contributed by atoms with Crippen LogP contribution in [0.1, 0.15) is 45.1 Å². The van der Waals surface area contributed by atoms with Crippen LogP contribution in [0.25, 0.3) is 0 Å². The summed E-state index contributed by atoms with van der Waals surface area (Å²) in [5.41, 5.74) is 0.473. The van der Waals surface area contributed by atoms with Crippen molar-refractivity contribution >= 4 is 28.4 Å². The van der Waals surface area contributed by atoms with Crippen LogP contribution < -0.4 is 5.32 Å². The molecule has 5 nitrogen and oxygen atoms in total. The summed E-state index contributed by atoms with van der Waals surface area (Å²) in [4.78, 5) is 9.35. The average Bonchev–Trinajstić information content (AvgIpc) is 2.47. The Kier molecular flexibility index (Phi) is 7.11. The molecule has 0 aliphatic rings. The van der Waals surface area contributed by atoms with Gasteiger partial charge in [-0.3, -0.25) is 0 Å². The van der Waals surface area contributed by atoms with Crippen LogP contribution in [0.5, 0.6) is 0 Å². The van der Waals surface area contributed by atoms with E-state index in [0.717, 1.165) is 33.7 Å². The van der Waals surface area contributed by atoms with Gasteiger partial charge in [-0.1, -0.05) is 13.8 Å². The molecule has 0 fully saturated rings. The molecule has 0 spiro atoms. The van der Waals surface area contributed by atoms with Crippen LogP contribution >= 0.6 is 22.6 Å². The molecule has 1 rings (SSSR count). The first-order valence-electron chi connectivity index (χ1n) is 6.96. The molecule has 114 valence electrons. The maximum Gasteiger partial charge on any atom is 0.163 e. The van der Waals surface area contributed by atoms with E-state index >= 15 is 0 Å². The van der Waals surface area contributed by atoms with Crippen LogP contribution in [0.15, 0.2) is 0 Å². The van der Waals surface area contributed by atoms with Crippen molar-refractivity contribution in [2.24, 2.45) is 0 Å². The lowest BCUT2D eigenvalue weighted by Gasteiger charge is -2.30. The molecule has 0 aromatic carbocycles. The molecule has 0 saturated carbocycles. The van der Waals surface area contributed by atoms with Crippen LogP contribution in [-0.2, 0) is 21.7 Å². The van der Waals surface area contributed by atoms with Crippen LogP contribution in [0.2, 0.25) is 0 Å². The molecule has 0 atom stereocenters. The first-order valence-corrected chi connectivity index (χ1v) is 8.03. The van der Waals surface area contributed by atoms with Crippen molar-refractivity contribution in [1.82, 2.24) is 9.97 Å². The molecule has 1 heterocycles. The van der Waals surface area contributed by atoms with Crippen molar-refractivity contribution in [2.75, 3.05) is 26.1 Å². The molecule has 0 bridgehead atoms. The molecule has 1 N–H and O–H groups in total. The lowest BCUT2D eigenvalue weighted by Crippen LogP contribution is -2.32. The molecule has 0 unspecified atom stereocenters. The number of hydrogen-bond acceptors (Lipinski definition) is 5. The lowest BCUT2D eigenvalue weighted by molar-refractivity contribution is -0.0573. The van der Waals surface area contributed by atoms with Gasteiger partial charge in [0.05, 0.1) is 15.9 Å². The molecule has 1 aromatic rings. The van der Waals surface area contributed by atoms with E-state index in [9.17, 15) is 0 Å². The van der Waals surface area contributed by atoms with E-state index < -0.39 is 5.60 Å². The predicted molar refractivity (Wildman–Crippen MR) is 88.9 cm³/mol. The zero-order valence-electron chi connectivity index (χ0n) is 12.9. The van der Waals surface area contributed by atoms with Crippen molar-refractivity contribution < 1.29 is 9.47 Å². The summed E-state index contributed by atoms with van der Waals surface area (Å²) in [5.74, 6) is 1.56. The van der Waals surface area contributed by atoms with Gasteiger partial charge in [-0.25, -0.2) is 9.97 Å². The minimum atomic E-state index is -0.423. The van der Waals surface area contributed by atoms with Crippen molar-refractivity contribution in [1.29, 1.82) is 0 Å². The van der Waals surface area contributed by atoms with Crippen LogP contribution in [0.3, 0.4) is 0 Å². The number of hydrogen-bond donors (Lipinski definition) is 1. The fourth-order valence-electron chi connectivity index (χ4n) is 2.21. The highest BCUT2D eigenvalue weighted by molar-refractivity contribution is 14.1. The van der Waals surface area contributed by atoms with Crippen molar-refractivity contribution in [3.8, 4) is 0 Å². The van der Waals surface area contributed by atoms with E-state index in [2.05, 4.69) is 46.7 Å². The van der Waals surface area contributed by atoms with Gasteiger partial charge in [0.15, 0.2) is 5.82 Å². The van der Waals surface area contributed by atoms with Gasteiger partial charge in [0.1, 0.15) is 11.4 Å². The number of nitrogens with one attached hydrogen (secondary N) is 1. The highest BCUT2D eigenvalue weighted by Gasteiger charge is 2.33. The summed E-state index contributed by atoms with van der Waals surface area (Å²) in [6, 6.07) is 0. The van der Waals surface area contributed by atoms with Gasteiger partial charge in [-0.2, -0.15) is 0 Å². The molecule has 0 saturated heterocycles. The second-order valence-electron chi connectivity index (χ2n) is 4.47. The van der Waals surface area contributed by atoms with Gasteiger partial charge in [0, 0.05) is 20.8 Å². The van der Waals surface area contributed by atoms with Crippen molar-refractivity contribution in [3.63, 3.8) is 0 Å². The SMILES string of the molecule is CCOC(CC)(CC)c1nc(COC)c(I)c(NC)n1. The largest absolute Gasteiger partial charge is 0.378 e. The van der Waals surface area contributed by atoms with E-state index in [1.807, 2.05) is 14.0 Å². The lowest BCUT2D eigenvalue weighted by atomic mass is 9.95. The number of ether oxygens (including phenoxy) is 2. The molecule has 0 radical (unpaired) electrons. The monoisotopic (exact) mass is 393 g/mol. The highest BCUT2D eigenvalue weighted by atomic mass is 127. The Bertz CT molecular complexity index is 437. The van der Waals surface area contributed by atoms with Gasteiger partial charge in [-0.05, 0) is 42.4 Å². The van der Waals surface area contributed by atoms with Crippen LogP contribution in [0, 0.1) is 3.57 Å². The van der Waals surface area contributed by atoms with Gasteiger partial charge in [0.25, 0.3) is 0 Å². The standard InChI is InChI=1S/C14H24IN3O2/c1-6-14(7-2,20-8-3)13-17-10(9-19-5)11(15)12(16-4)18-13/h6-9H2,1-5H3,(H,16,17,18). The molecule has 6 heteroatoms. The van der Waals surface area contributed by atoms with Gasteiger partial charge in [0.2, 0.25) is 0 Å². The molecule has 0 aliphatic carbocycles. The zero-order valence-corrected chi connectivity index (χ0v) is 15.1. The predicted octanol–water partition coefficient (Wildman–Crippen LogP) is 3.32. The number of rotatable bonds is 8. The highest BCUT2D eigenvalue weighted by Crippen LogP contribution is 2.33. The minimum absolute atomic E-state index is 0.423. The molecule has 0 aliphatic heterocycles. The Labute approximate surface area is 135 Å². The summed E-state index contributed by atoms with van der Waals surface area (Å²) >= 11 is 2.25. The average molecular weight is 393 g/mol. The van der Waals surface area contributed by atoms with Gasteiger partial charge < -0.3 is 14.8 Å². The number of methoxy groups -OCH3 is 1. The summed E-state index contributed by atoms with van der Waals surface area (Å²) in [5, 5.41) is 3.13. The van der Waals surface area contributed by atoms with Crippen LogP contribution in [0.4, 0.5) is 5.82 Å². The second-order valence-corrected chi connectivity index (χ2v) is 5.55. The summed E-state index contributed by atoms with van der Waals surface area (Å²) in [6.45, 7) is 7.33. The van der Waals surface area contributed by atoms with Gasteiger partial charge >= 0.3 is 0 Å². The summed E-state index contributed by atoms with van der Waals surface area (Å²) in [6.07, 6.45) is 1.68. The third-order valence-corrected chi connectivity index (χ3v) is 4.54. The second kappa shape index (κ2) is 8.09. The van der Waals surface area contributed by atoms with Crippen LogP contribution in [-0.4, -0.2) is 30.7 Å². The van der Waals surface area contributed by atoms with E-state index in [0.29, 0.717) is 13.2 Å². The zero-order chi connectivity index (χ0) is 15.2. The third kappa shape index (κ3) is 3.59. The van der Waals surface area contributed by atoms with Gasteiger partial charge in [-0.15, -0.1) is 0 Å².